The van der Waals surface area contributed by atoms with Crippen LogP contribution in [0, 0.1) is 0 Å². The molecular weight excluding hydrogens is 284 g/mol. The van der Waals surface area contributed by atoms with E-state index in [9.17, 15) is 4.79 Å². The summed E-state index contributed by atoms with van der Waals surface area (Å²) in [5, 5.41) is 0. The molecule has 0 radical (unpaired) electrons. The van der Waals surface area contributed by atoms with Gasteiger partial charge in [-0.1, -0.05) is 6.07 Å². The van der Waals surface area contributed by atoms with E-state index in [0.29, 0.717) is 11.4 Å². The van der Waals surface area contributed by atoms with Crippen LogP contribution in [0.2, 0.25) is 0 Å². The first-order chi connectivity index (χ1) is 10.3. The summed E-state index contributed by atoms with van der Waals surface area (Å²) < 4.78 is 3.22. The minimum atomic E-state index is 0.394. The number of fused-ring (bicyclic) bond motifs is 1. The van der Waals surface area contributed by atoms with Gasteiger partial charge in [0.15, 0.2) is 0 Å². The smallest absolute Gasteiger partial charge is 0.150 e. The first-order valence-electron chi connectivity index (χ1n) is 6.25. The minimum absolute atomic E-state index is 0.394. The number of hydrogen-bond acceptors (Lipinski definition) is 6. The van der Waals surface area contributed by atoms with Gasteiger partial charge in [0.25, 0.3) is 0 Å². The number of aromatic nitrogens is 2. The zero-order valence-electron chi connectivity index (χ0n) is 11.0. The van der Waals surface area contributed by atoms with Crippen LogP contribution in [0.1, 0.15) is 10.4 Å². The van der Waals surface area contributed by atoms with E-state index in [-0.39, 0.29) is 0 Å². The molecule has 5 nitrogen and oxygen atoms in total. The molecule has 0 saturated carbocycles. The lowest BCUT2D eigenvalue weighted by molar-refractivity contribution is 0.112. The zero-order chi connectivity index (χ0) is 14.7. The Kier molecular flexibility index (Phi) is 3.70. The van der Waals surface area contributed by atoms with Gasteiger partial charge in [-0.15, -0.1) is 0 Å². The summed E-state index contributed by atoms with van der Waals surface area (Å²) in [7, 11) is 0. The molecule has 0 bridgehead atoms. The van der Waals surface area contributed by atoms with Crippen molar-refractivity contribution in [2.75, 3.05) is 10.5 Å². The van der Waals surface area contributed by atoms with Crippen molar-refractivity contribution < 1.29 is 4.79 Å². The Labute approximate surface area is 125 Å². The molecule has 3 aromatic rings. The number of nitrogen functional groups attached to an aromatic ring is 1. The quantitative estimate of drug-likeness (QED) is 0.568. The number of aldehydes is 1. The molecule has 0 aliphatic rings. The molecule has 0 saturated heterocycles. The van der Waals surface area contributed by atoms with Crippen LogP contribution >= 0.6 is 11.9 Å². The second kappa shape index (κ2) is 5.80. The van der Waals surface area contributed by atoms with Gasteiger partial charge in [-0.2, -0.15) is 0 Å². The summed E-state index contributed by atoms with van der Waals surface area (Å²) in [5.74, 6) is 0.394. The van der Waals surface area contributed by atoms with Crippen LogP contribution in [-0.2, 0) is 0 Å². The SMILES string of the molecule is Nc1cnc2cccc(SNc3ccc(C=O)cc3)c2n1. The number of anilines is 2. The molecular formula is C15H12N4OS. The van der Waals surface area contributed by atoms with E-state index in [1.165, 1.54) is 11.9 Å². The Morgan fingerprint density at radius 1 is 1.14 bits per heavy atom. The first kappa shape index (κ1) is 13.4. The molecule has 1 heterocycles. The van der Waals surface area contributed by atoms with Crippen LogP contribution in [0.3, 0.4) is 0 Å². The number of rotatable bonds is 4. The molecule has 0 spiro atoms. The van der Waals surface area contributed by atoms with Crippen LogP contribution < -0.4 is 10.5 Å². The van der Waals surface area contributed by atoms with E-state index in [0.717, 1.165) is 27.9 Å². The van der Waals surface area contributed by atoms with Crippen molar-refractivity contribution >= 4 is 40.8 Å². The second-order valence-electron chi connectivity index (χ2n) is 4.36. The van der Waals surface area contributed by atoms with E-state index in [1.807, 2.05) is 30.3 Å². The molecule has 0 aliphatic carbocycles. The third-order valence-corrected chi connectivity index (χ3v) is 3.77. The molecule has 21 heavy (non-hydrogen) atoms. The topological polar surface area (TPSA) is 80.9 Å². The molecule has 104 valence electrons. The fourth-order valence-corrected chi connectivity index (χ4v) is 2.60. The highest BCUT2D eigenvalue weighted by atomic mass is 32.2. The summed E-state index contributed by atoms with van der Waals surface area (Å²) in [6.07, 6.45) is 2.36. The lowest BCUT2D eigenvalue weighted by Gasteiger charge is -2.08. The molecule has 0 atom stereocenters. The van der Waals surface area contributed by atoms with Gasteiger partial charge in [0.2, 0.25) is 0 Å². The minimum Gasteiger partial charge on any atom is -0.382 e. The molecule has 0 fully saturated rings. The summed E-state index contributed by atoms with van der Waals surface area (Å²) >= 11 is 1.43. The molecule has 1 aromatic heterocycles. The molecule has 3 N–H and O–H groups in total. The maximum Gasteiger partial charge on any atom is 0.150 e. The predicted molar refractivity (Wildman–Crippen MR) is 85.3 cm³/mol. The Hall–Kier alpha value is -2.60. The number of para-hydroxylation sites is 1. The molecule has 2 aromatic carbocycles. The third-order valence-electron chi connectivity index (χ3n) is 2.88. The van der Waals surface area contributed by atoms with Crippen molar-refractivity contribution in [3.05, 3.63) is 54.2 Å². The number of nitrogens with one attached hydrogen (secondary N) is 1. The average molecular weight is 296 g/mol. The van der Waals surface area contributed by atoms with Gasteiger partial charge in [0, 0.05) is 11.3 Å². The van der Waals surface area contributed by atoms with Crippen LogP contribution in [0.25, 0.3) is 11.0 Å². The van der Waals surface area contributed by atoms with E-state index in [4.69, 9.17) is 5.73 Å². The summed E-state index contributed by atoms with van der Waals surface area (Å²) in [5.41, 5.74) is 8.81. The fraction of sp³-hybridized carbons (Fsp3) is 0. The van der Waals surface area contributed by atoms with Gasteiger partial charge in [0.1, 0.15) is 17.6 Å². The van der Waals surface area contributed by atoms with Crippen LogP contribution in [-0.4, -0.2) is 16.3 Å². The van der Waals surface area contributed by atoms with Crippen LogP contribution in [0.15, 0.2) is 53.6 Å². The molecule has 3 rings (SSSR count). The number of hydrogen-bond donors (Lipinski definition) is 2. The van der Waals surface area contributed by atoms with Crippen molar-refractivity contribution in [2.45, 2.75) is 4.90 Å². The number of nitrogens with zero attached hydrogens (tertiary/aromatic N) is 2. The molecule has 0 amide bonds. The zero-order valence-corrected chi connectivity index (χ0v) is 11.8. The Balaban J connectivity index is 1.84. The van der Waals surface area contributed by atoms with Gasteiger partial charge in [0.05, 0.1) is 16.6 Å². The van der Waals surface area contributed by atoms with Crippen molar-refractivity contribution in [1.29, 1.82) is 0 Å². The van der Waals surface area contributed by atoms with Gasteiger partial charge in [-0.25, -0.2) is 4.98 Å². The summed E-state index contributed by atoms with van der Waals surface area (Å²) in [6, 6.07) is 13.0. The number of benzene rings is 2. The van der Waals surface area contributed by atoms with Gasteiger partial charge in [-0.05, 0) is 48.3 Å². The standard InChI is InChI=1S/C15H12N4OS/c16-14-8-17-12-2-1-3-13(15(12)18-14)21-19-11-6-4-10(9-20)5-7-11/h1-9,19H,(H2,16,18). The van der Waals surface area contributed by atoms with Gasteiger partial charge >= 0.3 is 0 Å². The Morgan fingerprint density at radius 2 is 1.95 bits per heavy atom. The summed E-state index contributed by atoms with van der Waals surface area (Å²) in [6.45, 7) is 0. The van der Waals surface area contributed by atoms with Crippen molar-refractivity contribution in [3.63, 3.8) is 0 Å². The largest absolute Gasteiger partial charge is 0.382 e. The van der Waals surface area contributed by atoms with E-state index >= 15 is 0 Å². The summed E-state index contributed by atoms with van der Waals surface area (Å²) in [4.78, 5) is 20.1. The predicted octanol–water partition coefficient (Wildman–Crippen LogP) is 3.14. The lowest BCUT2D eigenvalue weighted by Crippen LogP contribution is -1.95. The van der Waals surface area contributed by atoms with Crippen molar-refractivity contribution in [3.8, 4) is 0 Å². The van der Waals surface area contributed by atoms with Gasteiger partial charge < -0.3 is 10.5 Å². The number of nitrogens with two attached hydrogens (primary N) is 1. The van der Waals surface area contributed by atoms with E-state index < -0.39 is 0 Å². The van der Waals surface area contributed by atoms with E-state index in [2.05, 4.69) is 14.7 Å². The van der Waals surface area contributed by atoms with Crippen LogP contribution in [0.4, 0.5) is 11.5 Å². The highest BCUT2D eigenvalue weighted by Gasteiger charge is 2.05. The average Bonchev–Trinajstić information content (AvgIpc) is 2.53. The molecule has 0 aliphatic heterocycles. The second-order valence-corrected chi connectivity index (χ2v) is 5.21. The molecule has 0 unspecified atom stereocenters. The number of carbonyl (C=O) groups is 1. The van der Waals surface area contributed by atoms with Gasteiger partial charge in [-0.3, -0.25) is 9.78 Å². The maximum absolute atomic E-state index is 10.6. The maximum atomic E-state index is 10.6. The normalized spacial score (nSPS) is 10.5. The fourth-order valence-electron chi connectivity index (χ4n) is 1.85. The number of carbonyl (C=O) groups excluding carboxylic acids is 1. The van der Waals surface area contributed by atoms with Crippen molar-refractivity contribution in [2.24, 2.45) is 0 Å². The Bertz CT molecular complexity index is 789. The van der Waals surface area contributed by atoms with Crippen LogP contribution in [0.5, 0.6) is 0 Å². The highest BCUT2D eigenvalue weighted by molar-refractivity contribution is 8.00. The third kappa shape index (κ3) is 2.95. The lowest BCUT2D eigenvalue weighted by atomic mass is 10.2. The Morgan fingerprint density at radius 3 is 2.71 bits per heavy atom. The molecule has 6 heteroatoms. The highest BCUT2D eigenvalue weighted by Crippen LogP contribution is 2.27. The van der Waals surface area contributed by atoms with E-state index in [1.54, 1.807) is 18.3 Å². The first-order valence-corrected chi connectivity index (χ1v) is 7.07. The van der Waals surface area contributed by atoms with Crippen molar-refractivity contribution in [1.82, 2.24) is 9.97 Å². The monoisotopic (exact) mass is 296 g/mol.